The van der Waals surface area contributed by atoms with Crippen molar-refractivity contribution in [1.82, 2.24) is 10.5 Å². The van der Waals surface area contributed by atoms with E-state index in [-0.39, 0.29) is 18.9 Å². The largest absolute Gasteiger partial charge is 0.479 e. The van der Waals surface area contributed by atoms with Crippen molar-refractivity contribution in [2.45, 2.75) is 19.1 Å². The smallest absolute Gasteiger partial charge is 0.331 e. The molecule has 106 valence electrons. The van der Waals surface area contributed by atoms with E-state index in [4.69, 9.17) is 19.1 Å². The van der Waals surface area contributed by atoms with Gasteiger partial charge in [-0.25, -0.2) is 4.79 Å². The van der Waals surface area contributed by atoms with E-state index < -0.39 is 17.4 Å². The van der Waals surface area contributed by atoms with Crippen molar-refractivity contribution >= 4 is 11.9 Å². The van der Waals surface area contributed by atoms with E-state index in [9.17, 15) is 9.59 Å². The van der Waals surface area contributed by atoms with Gasteiger partial charge < -0.3 is 24.4 Å². The predicted octanol–water partition coefficient (Wildman–Crippen LogP) is 0.0405. The highest BCUT2D eigenvalue weighted by molar-refractivity contribution is 5.96. The van der Waals surface area contributed by atoms with Gasteiger partial charge in [-0.3, -0.25) is 4.79 Å². The molecule has 0 aliphatic rings. The lowest BCUT2D eigenvalue weighted by Crippen LogP contribution is -2.55. The van der Waals surface area contributed by atoms with Crippen LogP contribution in [0.25, 0.3) is 0 Å². The van der Waals surface area contributed by atoms with Crippen LogP contribution in [0.4, 0.5) is 0 Å². The van der Waals surface area contributed by atoms with E-state index >= 15 is 0 Å². The van der Waals surface area contributed by atoms with Crippen LogP contribution in [0.2, 0.25) is 0 Å². The third-order valence-electron chi connectivity index (χ3n) is 2.37. The van der Waals surface area contributed by atoms with Gasteiger partial charge in [-0.15, -0.1) is 0 Å². The highest BCUT2D eigenvalue weighted by atomic mass is 16.5. The molecule has 0 aliphatic heterocycles. The summed E-state index contributed by atoms with van der Waals surface area (Å²) in [7, 11) is 2.82. The summed E-state index contributed by atoms with van der Waals surface area (Å²) in [5.41, 5.74) is -1.55. The lowest BCUT2D eigenvalue weighted by atomic mass is 10.0. The van der Waals surface area contributed by atoms with Gasteiger partial charge in [0.15, 0.2) is 17.0 Å². The van der Waals surface area contributed by atoms with Crippen LogP contribution < -0.4 is 5.32 Å². The summed E-state index contributed by atoms with van der Waals surface area (Å²) in [6.45, 7) is 1.35. The summed E-state index contributed by atoms with van der Waals surface area (Å²) >= 11 is 0. The molecule has 0 aromatic carbocycles. The molecule has 8 nitrogen and oxygen atoms in total. The Morgan fingerprint density at radius 3 is 2.68 bits per heavy atom. The number of carboxylic acids is 1. The van der Waals surface area contributed by atoms with Crippen LogP contribution in [0.15, 0.2) is 10.6 Å². The number of aromatic nitrogens is 1. The molecule has 0 spiro atoms. The van der Waals surface area contributed by atoms with Crippen molar-refractivity contribution in [3.05, 3.63) is 17.5 Å². The van der Waals surface area contributed by atoms with Gasteiger partial charge in [0, 0.05) is 20.3 Å². The number of aliphatic carboxylic acids is 1. The Morgan fingerprint density at radius 1 is 1.47 bits per heavy atom. The summed E-state index contributed by atoms with van der Waals surface area (Å²) in [5, 5.41) is 15.0. The first kappa shape index (κ1) is 15.1. The van der Waals surface area contributed by atoms with Gasteiger partial charge in [0.05, 0.1) is 6.61 Å². The van der Waals surface area contributed by atoms with Crippen LogP contribution in [0, 0.1) is 0 Å². The molecule has 19 heavy (non-hydrogen) atoms. The number of carbonyl (C=O) groups is 2. The number of rotatable bonds is 7. The number of hydrogen-bond acceptors (Lipinski definition) is 6. The molecule has 1 heterocycles. The second kappa shape index (κ2) is 6.30. The van der Waals surface area contributed by atoms with Crippen molar-refractivity contribution in [1.29, 1.82) is 0 Å². The minimum atomic E-state index is -1.54. The Labute approximate surface area is 109 Å². The van der Waals surface area contributed by atoms with Crippen LogP contribution in [0.5, 0.6) is 0 Å². The molecule has 1 amide bonds. The Morgan fingerprint density at radius 2 is 2.16 bits per heavy atom. The number of carboxylic acid groups (broad SMARTS) is 1. The average Bonchev–Trinajstić information content (AvgIpc) is 2.78. The van der Waals surface area contributed by atoms with Crippen molar-refractivity contribution in [2.75, 3.05) is 20.8 Å². The van der Waals surface area contributed by atoms with Gasteiger partial charge in [-0.1, -0.05) is 5.16 Å². The van der Waals surface area contributed by atoms with E-state index in [1.807, 2.05) is 0 Å². The van der Waals surface area contributed by atoms with Gasteiger partial charge >= 0.3 is 5.97 Å². The SMILES string of the molecule is COCc1cc(C(=O)NC(C)(COC)C(=O)O)no1. The van der Waals surface area contributed by atoms with Crippen LogP contribution in [0.3, 0.4) is 0 Å². The molecule has 1 unspecified atom stereocenters. The van der Waals surface area contributed by atoms with Gasteiger partial charge in [-0.05, 0) is 6.92 Å². The monoisotopic (exact) mass is 272 g/mol. The Bertz CT molecular complexity index is 458. The molecule has 0 saturated carbocycles. The molecule has 1 atom stereocenters. The molecule has 1 aromatic rings. The topological polar surface area (TPSA) is 111 Å². The maximum absolute atomic E-state index is 11.9. The first-order valence-electron chi connectivity index (χ1n) is 5.42. The van der Waals surface area contributed by atoms with E-state index in [0.29, 0.717) is 5.76 Å². The molecule has 2 N–H and O–H groups in total. The van der Waals surface area contributed by atoms with Gasteiger partial charge in [0.2, 0.25) is 0 Å². The summed E-state index contributed by atoms with van der Waals surface area (Å²) < 4.78 is 14.5. The molecular formula is C11H16N2O6. The third kappa shape index (κ3) is 3.76. The molecule has 0 saturated heterocycles. The average molecular weight is 272 g/mol. The van der Waals surface area contributed by atoms with E-state index in [2.05, 4.69) is 10.5 Å². The summed E-state index contributed by atoms with van der Waals surface area (Å²) in [6, 6.07) is 1.38. The normalized spacial score (nSPS) is 13.8. The Kier molecular flexibility index (Phi) is 5.02. The third-order valence-corrected chi connectivity index (χ3v) is 2.37. The van der Waals surface area contributed by atoms with Crippen molar-refractivity contribution in [3.8, 4) is 0 Å². The van der Waals surface area contributed by atoms with Crippen LogP contribution in [-0.2, 0) is 20.9 Å². The molecule has 0 aliphatic carbocycles. The van der Waals surface area contributed by atoms with E-state index in [0.717, 1.165) is 0 Å². The van der Waals surface area contributed by atoms with Gasteiger partial charge in [0.25, 0.3) is 5.91 Å². The fourth-order valence-electron chi connectivity index (χ4n) is 1.38. The zero-order valence-corrected chi connectivity index (χ0v) is 10.9. The molecular weight excluding hydrogens is 256 g/mol. The quantitative estimate of drug-likeness (QED) is 0.720. The number of amides is 1. The molecule has 1 aromatic heterocycles. The van der Waals surface area contributed by atoms with E-state index in [1.54, 1.807) is 0 Å². The van der Waals surface area contributed by atoms with Crippen molar-refractivity contribution in [2.24, 2.45) is 0 Å². The Hall–Kier alpha value is -1.93. The first-order valence-corrected chi connectivity index (χ1v) is 5.42. The van der Waals surface area contributed by atoms with Crippen LogP contribution in [0.1, 0.15) is 23.2 Å². The summed E-state index contributed by atoms with van der Waals surface area (Å²) in [4.78, 5) is 23.0. The summed E-state index contributed by atoms with van der Waals surface area (Å²) in [6.07, 6.45) is 0. The lowest BCUT2D eigenvalue weighted by molar-refractivity contribution is -0.145. The number of nitrogens with one attached hydrogen (secondary N) is 1. The van der Waals surface area contributed by atoms with Crippen molar-refractivity contribution < 1.29 is 28.7 Å². The highest BCUT2D eigenvalue weighted by Crippen LogP contribution is 2.09. The highest BCUT2D eigenvalue weighted by Gasteiger charge is 2.36. The minimum Gasteiger partial charge on any atom is -0.479 e. The molecule has 8 heteroatoms. The van der Waals surface area contributed by atoms with Crippen LogP contribution >= 0.6 is 0 Å². The predicted molar refractivity (Wildman–Crippen MR) is 62.6 cm³/mol. The van der Waals surface area contributed by atoms with Gasteiger partial charge in [0.1, 0.15) is 6.61 Å². The fraction of sp³-hybridized carbons (Fsp3) is 0.545. The number of nitrogens with zero attached hydrogens (tertiary/aromatic N) is 1. The lowest BCUT2D eigenvalue weighted by Gasteiger charge is -2.24. The molecule has 0 fully saturated rings. The zero-order chi connectivity index (χ0) is 14.5. The Balaban J connectivity index is 2.78. The zero-order valence-electron chi connectivity index (χ0n) is 10.9. The van der Waals surface area contributed by atoms with Crippen molar-refractivity contribution in [3.63, 3.8) is 0 Å². The maximum Gasteiger partial charge on any atom is 0.331 e. The standard InChI is InChI=1S/C11H16N2O6/c1-11(6-18-3,10(15)16)12-9(14)8-4-7(5-17-2)19-13-8/h4H,5-6H2,1-3H3,(H,12,14)(H,15,16). The molecule has 1 rings (SSSR count). The number of carbonyl (C=O) groups excluding carboxylic acids is 1. The fourth-order valence-corrected chi connectivity index (χ4v) is 1.38. The maximum atomic E-state index is 11.9. The number of hydrogen-bond donors (Lipinski definition) is 2. The second-order valence-corrected chi connectivity index (χ2v) is 4.14. The van der Waals surface area contributed by atoms with Gasteiger partial charge in [-0.2, -0.15) is 0 Å². The number of ether oxygens (including phenoxy) is 2. The first-order chi connectivity index (χ1) is 8.92. The van der Waals surface area contributed by atoms with E-state index in [1.165, 1.54) is 27.2 Å². The molecule has 0 bridgehead atoms. The summed E-state index contributed by atoms with van der Waals surface area (Å²) in [5.74, 6) is -1.49. The number of methoxy groups -OCH3 is 2. The van der Waals surface area contributed by atoms with Crippen LogP contribution in [-0.4, -0.2) is 48.5 Å². The second-order valence-electron chi connectivity index (χ2n) is 4.14. The molecule has 0 radical (unpaired) electrons. The minimum absolute atomic E-state index is 0.0179.